The quantitative estimate of drug-likeness (QED) is 0.485. The van der Waals surface area contributed by atoms with E-state index in [4.69, 9.17) is 5.73 Å². The van der Waals surface area contributed by atoms with Gasteiger partial charge >= 0.3 is 0 Å². The summed E-state index contributed by atoms with van der Waals surface area (Å²) in [5, 5.41) is 10.6. The summed E-state index contributed by atoms with van der Waals surface area (Å²) in [5.41, 5.74) is 5.41. The lowest BCUT2D eigenvalue weighted by Gasteiger charge is -2.09. The van der Waals surface area contributed by atoms with Gasteiger partial charge in [0.05, 0.1) is 10.6 Å². The minimum atomic E-state index is -3.74. The fourth-order valence-electron chi connectivity index (χ4n) is 2.11. The predicted molar refractivity (Wildman–Crippen MR) is 74.6 cm³/mol. The normalized spacial score (nSPS) is 20.6. The van der Waals surface area contributed by atoms with Crippen LogP contribution in [-0.4, -0.2) is 19.9 Å². The molecule has 0 heterocycles. The molecule has 110 valence electrons. The average molecular weight is 299 g/mol. The van der Waals surface area contributed by atoms with Crippen molar-refractivity contribution in [3.8, 4) is 0 Å². The average Bonchev–Trinajstić information content (AvgIpc) is 2.94. The van der Waals surface area contributed by atoms with Crippen LogP contribution in [0.3, 0.4) is 0 Å². The summed E-state index contributed by atoms with van der Waals surface area (Å²) in [6, 6.07) is 3.34. The number of nitrogens with zero attached hydrogens (tertiary/aromatic N) is 1. The van der Waals surface area contributed by atoms with Gasteiger partial charge in [0.15, 0.2) is 0 Å². The highest BCUT2D eigenvalue weighted by Crippen LogP contribution is 2.51. The van der Waals surface area contributed by atoms with Crippen LogP contribution < -0.4 is 10.5 Å². The third-order valence-corrected chi connectivity index (χ3v) is 5.23. The molecule has 2 rings (SSSR count). The molecule has 1 unspecified atom stereocenters. The largest absolute Gasteiger partial charge is 0.397 e. The van der Waals surface area contributed by atoms with Gasteiger partial charge in [-0.25, -0.2) is 13.1 Å². The molecule has 3 N–H and O–H groups in total. The van der Waals surface area contributed by atoms with Crippen LogP contribution in [0.2, 0.25) is 0 Å². The van der Waals surface area contributed by atoms with Crippen molar-refractivity contribution in [3.05, 3.63) is 28.3 Å². The maximum atomic E-state index is 12.1. The molecule has 0 spiro atoms. The van der Waals surface area contributed by atoms with Gasteiger partial charge in [0.25, 0.3) is 5.69 Å². The molecule has 1 atom stereocenters. The monoisotopic (exact) mass is 299 g/mol. The Morgan fingerprint density at radius 2 is 2.10 bits per heavy atom. The van der Waals surface area contributed by atoms with E-state index in [2.05, 4.69) is 18.6 Å². The van der Waals surface area contributed by atoms with Crippen LogP contribution in [0.5, 0.6) is 0 Å². The summed E-state index contributed by atoms with van der Waals surface area (Å²) in [6.07, 6.45) is 0.977. The first-order valence-corrected chi connectivity index (χ1v) is 7.65. The first-order valence-electron chi connectivity index (χ1n) is 6.17. The summed E-state index contributed by atoms with van der Waals surface area (Å²) < 4.78 is 26.7. The van der Waals surface area contributed by atoms with Crippen molar-refractivity contribution < 1.29 is 13.3 Å². The third-order valence-electron chi connectivity index (χ3n) is 3.73. The fourth-order valence-corrected chi connectivity index (χ4v) is 3.30. The number of nitrogens with two attached hydrogens (primary N) is 1. The second-order valence-corrected chi connectivity index (χ2v) is 7.46. The summed E-state index contributed by atoms with van der Waals surface area (Å²) in [4.78, 5) is 9.85. The molecule has 0 bridgehead atoms. The minimum absolute atomic E-state index is 0.123. The molecule has 1 aliphatic rings. The second-order valence-electron chi connectivity index (χ2n) is 5.72. The molecule has 1 aliphatic carbocycles. The minimum Gasteiger partial charge on any atom is -0.397 e. The van der Waals surface area contributed by atoms with Crippen LogP contribution in [0.1, 0.15) is 20.3 Å². The maximum absolute atomic E-state index is 12.1. The smallest absolute Gasteiger partial charge is 0.271 e. The van der Waals surface area contributed by atoms with E-state index in [0.29, 0.717) is 12.5 Å². The van der Waals surface area contributed by atoms with Crippen molar-refractivity contribution in [1.82, 2.24) is 4.72 Å². The van der Waals surface area contributed by atoms with Crippen LogP contribution in [0, 0.1) is 21.4 Å². The Morgan fingerprint density at radius 3 is 2.55 bits per heavy atom. The number of non-ortho nitro benzene ring substituents is 1. The predicted octanol–water partition coefficient (Wildman–Crippen LogP) is 1.50. The van der Waals surface area contributed by atoms with Gasteiger partial charge < -0.3 is 5.73 Å². The topological polar surface area (TPSA) is 115 Å². The van der Waals surface area contributed by atoms with E-state index in [-0.39, 0.29) is 21.7 Å². The molecule has 1 saturated carbocycles. The van der Waals surface area contributed by atoms with E-state index in [9.17, 15) is 18.5 Å². The molecule has 0 saturated heterocycles. The van der Waals surface area contributed by atoms with Crippen molar-refractivity contribution in [2.24, 2.45) is 11.3 Å². The van der Waals surface area contributed by atoms with Crippen LogP contribution in [0.15, 0.2) is 23.1 Å². The van der Waals surface area contributed by atoms with E-state index in [1.807, 2.05) is 0 Å². The number of benzene rings is 1. The summed E-state index contributed by atoms with van der Waals surface area (Å²) in [6.45, 7) is 4.50. The fraction of sp³-hybridized carbons (Fsp3) is 0.500. The first-order chi connectivity index (χ1) is 9.13. The van der Waals surface area contributed by atoms with Gasteiger partial charge in [0, 0.05) is 18.7 Å². The molecular weight excluding hydrogens is 282 g/mol. The van der Waals surface area contributed by atoms with Gasteiger partial charge in [-0.05, 0) is 23.8 Å². The molecule has 0 aliphatic heterocycles. The van der Waals surface area contributed by atoms with Crippen molar-refractivity contribution in [3.63, 3.8) is 0 Å². The number of hydrogen-bond donors (Lipinski definition) is 2. The van der Waals surface area contributed by atoms with Crippen molar-refractivity contribution in [2.75, 3.05) is 12.3 Å². The van der Waals surface area contributed by atoms with Crippen LogP contribution in [0.25, 0.3) is 0 Å². The number of nitro groups is 1. The van der Waals surface area contributed by atoms with Gasteiger partial charge in [-0.3, -0.25) is 10.1 Å². The third kappa shape index (κ3) is 2.91. The zero-order chi connectivity index (χ0) is 15.1. The van der Waals surface area contributed by atoms with E-state index >= 15 is 0 Å². The SMILES string of the molecule is CC1(C)CC1CNS(=O)(=O)c1ccc([N+](=O)[O-])cc1N. The number of anilines is 1. The molecule has 1 aromatic rings. The lowest BCUT2D eigenvalue weighted by atomic mass is 10.1. The molecule has 0 aromatic heterocycles. The van der Waals surface area contributed by atoms with Gasteiger partial charge in [-0.1, -0.05) is 13.8 Å². The summed E-state index contributed by atoms with van der Waals surface area (Å²) >= 11 is 0. The van der Waals surface area contributed by atoms with Gasteiger partial charge in [0.2, 0.25) is 10.0 Å². The maximum Gasteiger partial charge on any atom is 0.271 e. The number of nitro benzene ring substituents is 1. The molecule has 20 heavy (non-hydrogen) atoms. The lowest BCUT2D eigenvalue weighted by molar-refractivity contribution is -0.384. The van der Waals surface area contributed by atoms with Crippen molar-refractivity contribution >= 4 is 21.4 Å². The standard InChI is InChI=1S/C12H17N3O4S/c1-12(2)6-8(12)7-14-20(18,19)11-4-3-9(15(16)17)5-10(11)13/h3-5,8,14H,6-7,13H2,1-2H3. The summed E-state index contributed by atoms with van der Waals surface area (Å²) in [7, 11) is -3.74. The van der Waals surface area contributed by atoms with E-state index in [1.54, 1.807) is 0 Å². The molecule has 1 aromatic carbocycles. The van der Waals surface area contributed by atoms with E-state index < -0.39 is 14.9 Å². The molecule has 0 amide bonds. The van der Waals surface area contributed by atoms with Crippen molar-refractivity contribution in [1.29, 1.82) is 0 Å². The number of hydrogen-bond acceptors (Lipinski definition) is 5. The Hall–Kier alpha value is -1.67. The Kier molecular flexibility index (Phi) is 3.47. The molecule has 7 nitrogen and oxygen atoms in total. The molecule has 8 heteroatoms. The second kappa shape index (κ2) is 4.71. The Morgan fingerprint density at radius 1 is 1.50 bits per heavy atom. The first kappa shape index (κ1) is 14.7. The molecular formula is C12H17N3O4S. The van der Waals surface area contributed by atoms with Crippen LogP contribution >= 0.6 is 0 Å². The Labute approximate surface area is 117 Å². The van der Waals surface area contributed by atoms with Crippen LogP contribution in [-0.2, 0) is 10.0 Å². The zero-order valence-corrected chi connectivity index (χ0v) is 12.1. The Balaban J connectivity index is 2.15. The molecule has 1 fully saturated rings. The number of nitrogens with one attached hydrogen (secondary N) is 1. The van der Waals surface area contributed by atoms with Crippen LogP contribution in [0.4, 0.5) is 11.4 Å². The lowest BCUT2D eigenvalue weighted by Crippen LogP contribution is -2.27. The van der Waals surface area contributed by atoms with Crippen molar-refractivity contribution in [2.45, 2.75) is 25.2 Å². The summed E-state index contributed by atoms with van der Waals surface area (Å²) in [5.74, 6) is 0.316. The number of sulfonamides is 1. The van der Waals surface area contributed by atoms with Gasteiger partial charge in [-0.2, -0.15) is 0 Å². The van der Waals surface area contributed by atoms with E-state index in [0.717, 1.165) is 24.6 Å². The van der Waals surface area contributed by atoms with Gasteiger partial charge in [0.1, 0.15) is 4.90 Å². The highest BCUT2D eigenvalue weighted by molar-refractivity contribution is 7.89. The Bertz CT molecular complexity index is 655. The molecule has 0 radical (unpaired) electrons. The highest BCUT2D eigenvalue weighted by atomic mass is 32.2. The highest BCUT2D eigenvalue weighted by Gasteiger charge is 2.45. The number of nitrogen functional groups attached to an aromatic ring is 1. The number of rotatable bonds is 5. The zero-order valence-electron chi connectivity index (χ0n) is 11.3. The van der Waals surface area contributed by atoms with E-state index in [1.165, 1.54) is 0 Å². The van der Waals surface area contributed by atoms with Gasteiger partial charge in [-0.15, -0.1) is 0 Å².